The van der Waals surface area contributed by atoms with E-state index < -0.39 is 0 Å². The summed E-state index contributed by atoms with van der Waals surface area (Å²) in [7, 11) is 0. The van der Waals surface area contributed by atoms with Gasteiger partial charge >= 0.3 is 0 Å². The van der Waals surface area contributed by atoms with E-state index in [9.17, 15) is 0 Å². The van der Waals surface area contributed by atoms with Gasteiger partial charge in [-0.3, -0.25) is 4.57 Å². The Morgan fingerprint density at radius 2 is 2.35 bits per heavy atom. The zero-order chi connectivity index (χ0) is 12.3. The van der Waals surface area contributed by atoms with Gasteiger partial charge in [0.05, 0.1) is 6.10 Å². The first-order chi connectivity index (χ1) is 8.26. The number of ether oxygens (including phenoxy) is 1. The fourth-order valence-electron chi connectivity index (χ4n) is 2.33. The molecule has 1 aliphatic rings. The number of nitrogens with one attached hydrogen (secondary N) is 1. The molecule has 0 amide bonds. The van der Waals surface area contributed by atoms with Crippen molar-refractivity contribution in [2.45, 2.75) is 39.3 Å². The van der Waals surface area contributed by atoms with Gasteiger partial charge in [-0.25, -0.2) is 5.10 Å². The average Bonchev–Trinajstić information content (AvgIpc) is 2.71. The first-order valence-electron chi connectivity index (χ1n) is 6.28. The molecule has 1 N–H and O–H groups in total. The van der Waals surface area contributed by atoms with Crippen molar-refractivity contribution < 1.29 is 4.74 Å². The highest BCUT2D eigenvalue weighted by Gasteiger charge is 2.23. The lowest BCUT2D eigenvalue weighted by atomic mass is 10.1. The second-order valence-corrected chi connectivity index (χ2v) is 4.63. The molecule has 1 aromatic rings. The molecule has 1 aromatic heterocycles. The minimum absolute atomic E-state index is 0.323. The number of piperidine rings is 1. The number of anilines is 1. The summed E-state index contributed by atoms with van der Waals surface area (Å²) in [5.41, 5.74) is 0. The quantitative estimate of drug-likeness (QED) is 0.837. The average molecular weight is 256 g/mol. The maximum absolute atomic E-state index is 5.70. The fourth-order valence-corrected chi connectivity index (χ4v) is 2.58. The maximum Gasteiger partial charge on any atom is 0.225 e. The smallest absolute Gasteiger partial charge is 0.225 e. The van der Waals surface area contributed by atoms with E-state index >= 15 is 0 Å². The molecule has 2 heterocycles. The molecule has 1 fully saturated rings. The van der Waals surface area contributed by atoms with Gasteiger partial charge in [-0.15, -0.1) is 5.10 Å². The Bertz CT molecular complexity index is 412. The Hall–Kier alpha value is -0.880. The van der Waals surface area contributed by atoms with Crippen molar-refractivity contribution in [3.05, 3.63) is 4.77 Å². The zero-order valence-electron chi connectivity index (χ0n) is 10.5. The van der Waals surface area contributed by atoms with Gasteiger partial charge in [0.2, 0.25) is 5.95 Å². The van der Waals surface area contributed by atoms with Crippen LogP contribution in [0.25, 0.3) is 0 Å². The van der Waals surface area contributed by atoms with Crippen LogP contribution in [-0.4, -0.2) is 40.6 Å². The van der Waals surface area contributed by atoms with Crippen LogP contribution < -0.4 is 4.90 Å². The lowest BCUT2D eigenvalue weighted by Gasteiger charge is -2.32. The molecule has 0 aliphatic carbocycles. The molecule has 0 spiro atoms. The number of H-pyrrole nitrogens is 1. The zero-order valence-corrected chi connectivity index (χ0v) is 11.3. The number of hydrogen-bond acceptors (Lipinski definition) is 4. The largest absolute Gasteiger partial charge is 0.377 e. The monoisotopic (exact) mass is 256 g/mol. The minimum atomic E-state index is 0.323. The number of nitrogens with zero attached hydrogens (tertiary/aromatic N) is 3. The highest BCUT2D eigenvalue weighted by Crippen LogP contribution is 2.19. The first kappa shape index (κ1) is 12.6. The van der Waals surface area contributed by atoms with Gasteiger partial charge in [-0.1, -0.05) is 0 Å². The van der Waals surface area contributed by atoms with Crippen LogP contribution in [0, 0.1) is 4.77 Å². The molecule has 6 heteroatoms. The van der Waals surface area contributed by atoms with Crippen LogP contribution in [0.2, 0.25) is 0 Å². The van der Waals surface area contributed by atoms with Crippen molar-refractivity contribution >= 4 is 18.2 Å². The highest BCUT2D eigenvalue weighted by atomic mass is 32.1. The van der Waals surface area contributed by atoms with E-state index in [1.165, 1.54) is 0 Å². The van der Waals surface area contributed by atoms with Crippen molar-refractivity contribution in [3.8, 4) is 0 Å². The van der Waals surface area contributed by atoms with E-state index in [-0.39, 0.29) is 0 Å². The summed E-state index contributed by atoms with van der Waals surface area (Å²) in [4.78, 5) is 2.26. The van der Waals surface area contributed by atoms with Crippen LogP contribution in [-0.2, 0) is 11.3 Å². The molecule has 0 bridgehead atoms. The van der Waals surface area contributed by atoms with Crippen LogP contribution in [0.15, 0.2) is 0 Å². The molecule has 5 nitrogen and oxygen atoms in total. The summed E-state index contributed by atoms with van der Waals surface area (Å²) < 4.78 is 8.43. The normalized spacial score (nSPS) is 20.8. The van der Waals surface area contributed by atoms with E-state index in [2.05, 4.69) is 22.0 Å². The second kappa shape index (κ2) is 5.64. The van der Waals surface area contributed by atoms with Crippen molar-refractivity contribution in [1.82, 2.24) is 14.8 Å². The maximum atomic E-state index is 5.70. The lowest BCUT2D eigenvalue weighted by molar-refractivity contribution is 0.0522. The number of hydrogen-bond donors (Lipinski definition) is 1. The highest BCUT2D eigenvalue weighted by molar-refractivity contribution is 7.71. The number of aromatic amines is 1. The molecule has 17 heavy (non-hydrogen) atoms. The molecule has 1 unspecified atom stereocenters. The molecular formula is C11H20N4OS. The van der Waals surface area contributed by atoms with Crippen molar-refractivity contribution in [1.29, 1.82) is 0 Å². The van der Waals surface area contributed by atoms with Gasteiger partial charge in [0.15, 0.2) is 4.77 Å². The minimum Gasteiger partial charge on any atom is -0.377 e. The molecule has 1 atom stereocenters. The number of rotatable bonds is 4. The third-order valence-corrected chi connectivity index (χ3v) is 3.43. The lowest BCUT2D eigenvalue weighted by Crippen LogP contribution is -2.41. The van der Waals surface area contributed by atoms with E-state index in [1.807, 2.05) is 11.5 Å². The molecule has 0 aromatic carbocycles. The third kappa shape index (κ3) is 2.69. The van der Waals surface area contributed by atoms with Gasteiger partial charge in [0, 0.05) is 26.2 Å². The van der Waals surface area contributed by atoms with Crippen molar-refractivity contribution in [2.75, 3.05) is 24.6 Å². The van der Waals surface area contributed by atoms with Gasteiger partial charge < -0.3 is 9.64 Å². The summed E-state index contributed by atoms with van der Waals surface area (Å²) in [5.74, 6) is 0.946. The molecule has 0 radical (unpaired) electrons. The topological polar surface area (TPSA) is 46.1 Å². The SMILES string of the molecule is CCOC1CCCN(c2n[nH]c(=S)n2CC)C1. The number of aromatic nitrogens is 3. The van der Waals surface area contributed by atoms with Gasteiger partial charge in [0.1, 0.15) is 0 Å². The molecular weight excluding hydrogens is 236 g/mol. The van der Waals surface area contributed by atoms with Gasteiger partial charge in [-0.05, 0) is 38.9 Å². The molecule has 1 aliphatic heterocycles. The van der Waals surface area contributed by atoms with Gasteiger partial charge in [-0.2, -0.15) is 0 Å². The van der Waals surface area contributed by atoms with Crippen molar-refractivity contribution in [2.24, 2.45) is 0 Å². The standard InChI is InChI=1S/C11H20N4OS/c1-3-15-10(12-13-11(15)17)14-7-5-6-9(8-14)16-4-2/h9H,3-8H2,1-2H3,(H,13,17). The predicted octanol–water partition coefficient (Wildman–Crippen LogP) is 1.97. The first-order valence-corrected chi connectivity index (χ1v) is 6.68. The van der Waals surface area contributed by atoms with E-state index in [0.29, 0.717) is 10.9 Å². The summed E-state index contributed by atoms with van der Waals surface area (Å²) in [6, 6.07) is 0. The van der Waals surface area contributed by atoms with E-state index in [4.69, 9.17) is 17.0 Å². The Kier molecular flexibility index (Phi) is 4.17. The fraction of sp³-hybridized carbons (Fsp3) is 0.818. The van der Waals surface area contributed by atoms with Gasteiger partial charge in [0.25, 0.3) is 0 Å². The molecule has 1 saturated heterocycles. The third-order valence-electron chi connectivity index (χ3n) is 3.12. The Labute approximate surface area is 107 Å². The van der Waals surface area contributed by atoms with Crippen LogP contribution in [0.3, 0.4) is 0 Å². The predicted molar refractivity (Wildman–Crippen MR) is 69.9 cm³/mol. The van der Waals surface area contributed by atoms with E-state index in [0.717, 1.165) is 45.0 Å². The van der Waals surface area contributed by atoms with Crippen LogP contribution >= 0.6 is 12.2 Å². The Morgan fingerprint density at radius 3 is 3.06 bits per heavy atom. The molecule has 2 rings (SSSR count). The molecule has 0 saturated carbocycles. The summed E-state index contributed by atoms with van der Waals surface area (Å²) in [6.07, 6.45) is 2.61. The summed E-state index contributed by atoms with van der Waals surface area (Å²) >= 11 is 5.21. The van der Waals surface area contributed by atoms with E-state index in [1.54, 1.807) is 0 Å². The Balaban J connectivity index is 2.13. The summed E-state index contributed by atoms with van der Waals surface area (Å²) in [5, 5.41) is 7.19. The van der Waals surface area contributed by atoms with Crippen LogP contribution in [0.5, 0.6) is 0 Å². The van der Waals surface area contributed by atoms with Crippen molar-refractivity contribution in [3.63, 3.8) is 0 Å². The molecule has 96 valence electrons. The van der Waals surface area contributed by atoms with Crippen LogP contribution in [0.4, 0.5) is 5.95 Å². The Morgan fingerprint density at radius 1 is 1.53 bits per heavy atom. The second-order valence-electron chi connectivity index (χ2n) is 4.24. The summed E-state index contributed by atoms with van der Waals surface area (Å²) in [6.45, 7) is 7.69. The van der Waals surface area contributed by atoms with Crippen LogP contribution in [0.1, 0.15) is 26.7 Å².